The van der Waals surface area contributed by atoms with Crippen LogP contribution in [0.4, 0.5) is 30.2 Å². The molecule has 5 nitrogen and oxygen atoms in total. The van der Waals surface area contributed by atoms with Gasteiger partial charge in [-0.25, -0.2) is 0 Å². The Morgan fingerprint density at radius 1 is 0.880 bits per heavy atom. The summed E-state index contributed by atoms with van der Waals surface area (Å²) in [4.78, 5) is 26.8. The molecule has 2 aromatic carbocycles. The van der Waals surface area contributed by atoms with Gasteiger partial charge in [-0.15, -0.1) is 0 Å². The molecule has 1 atom stereocenters. The first-order valence-electron chi connectivity index (χ1n) is 7.41. The highest BCUT2D eigenvalue weighted by Gasteiger charge is 2.43. The zero-order chi connectivity index (χ0) is 18.2. The van der Waals surface area contributed by atoms with Crippen molar-refractivity contribution in [3.05, 3.63) is 54.6 Å². The van der Waals surface area contributed by atoms with E-state index < -0.39 is 30.6 Å². The molecule has 0 saturated carbocycles. The number of hydrogen-bond donors (Lipinski definition) is 1. The van der Waals surface area contributed by atoms with Gasteiger partial charge in [0.25, 0.3) is 11.8 Å². The van der Waals surface area contributed by atoms with E-state index >= 15 is 0 Å². The molecule has 25 heavy (non-hydrogen) atoms. The quantitative estimate of drug-likeness (QED) is 0.848. The number of para-hydroxylation sites is 3. The number of amides is 2. The summed E-state index contributed by atoms with van der Waals surface area (Å²) >= 11 is 0. The van der Waals surface area contributed by atoms with Gasteiger partial charge in [-0.2, -0.15) is 13.2 Å². The van der Waals surface area contributed by atoms with Crippen molar-refractivity contribution >= 4 is 28.9 Å². The molecule has 1 unspecified atom stereocenters. The molecule has 1 heterocycles. The van der Waals surface area contributed by atoms with Crippen molar-refractivity contribution in [1.82, 2.24) is 0 Å². The predicted molar refractivity (Wildman–Crippen MR) is 86.4 cm³/mol. The molecule has 0 fully saturated rings. The highest BCUT2D eigenvalue weighted by atomic mass is 19.4. The van der Waals surface area contributed by atoms with Gasteiger partial charge in [0, 0.05) is 5.69 Å². The number of benzene rings is 2. The second-order valence-electron chi connectivity index (χ2n) is 5.52. The van der Waals surface area contributed by atoms with Crippen LogP contribution in [0.1, 0.15) is 0 Å². The number of rotatable bonds is 2. The molecule has 0 radical (unpaired) electrons. The van der Waals surface area contributed by atoms with Crippen molar-refractivity contribution in [2.75, 3.05) is 16.3 Å². The molecule has 0 spiro atoms. The molecule has 2 N–H and O–H groups in total. The molecule has 1 aliphatic rings. The zero-order valence-electron chi connectivity index (χ0n) is 12.9. The van der Waals surface area contributed by atoms with Gasteiger partial charge in [-0.3, -0.25) is 19.4 Å². The third-order valence-corrected chi connectivity index (χ3v) is 3.78. The van der Waals surface area contributed by atoms with E-state index in [0.29, 0.717) is 10.6 Å². The monoisotopic (exact) mass is 349 g/mol. The van der Waals surface area contributed by atoms with Crippen LogP contribution < -0.4 is 15.5 Å². The molecule has 1 aliphatic heterocycles. The Hall–Kier alpha value is -2.87. The molecular formula is C17H14F3N3O2. The van der Waals surface area contributed by atoms with E-state index in [0.717, 1.165) is 0 Å². The second kappa shape index (κ2) is 6.21. The second-order valence-corrected chi connectivity index (χ2v) is 5.52. The van der Waals surface area contributed by atoms with Crippen LogP contribution in [0.25, 0.3) is 0 Å². The average molecular weight is 349 g/mol. The molecule has 2 amide bonds. The Labute approximate surface area is 141 Å². The molecule has 8 heteroatoms. The smallest absolute Gasteiger partial charge is 0.312 e. The normalized spacial score (nSPS) is 18.2. The zero-order valence-corrected chi connectivity index (χ0v) is 12.9. The van der Waals surface area contributed by atoms with Gasteiger partial charge in [-0.1, -0.05) is 30.3 Å². The fourth-order valence-electron chi connectivity index (χ4n) is 2.72. The Morgan fingerprint density at radius 3 is 2.04 bits per heavy atom. The summed E-state index contributed by atoms with van der Waals surface area (Å²) in [6.45, 7) is -1.52. The molecule has 0 aromatic heterocycles. The minimum atomic E-state index is -4.63. The van der Waals surface area contributed by atoms with Crippen molar-refractivity contribution in [3.8, 4) is 0 Å². The lowest BCUT2D eigenvalue weighted by molar-refractivity contribution is -0.135. The average Bonchev–Trinajstić information content (AvgIpc) is 2.65. The summed E-state index contributed by atoms with van der Waals surface area (Å²) in [6.07, 6.45) is -4.63. The minimum Gasteiger partial charge on any atom is -0.312 e. The number of anilines is 3. The maximum Gasteiger partial charge on any atom is 0.406 e. The van der Waals surface area contributed by atoms with Crippen molar-refractivity contribution in [3.63, 3.8) is 0 Å². The topological polar surface area (TPSA) is 66.6 Å². The predicted octanol–water partition coefficient (Wildman–Crippen LogP) is 2.59. The third kappa shape index (κ3) is 3.20. The Bertz CT molecular complexity index is 808. The first kappa shape index (κ1) is 17.0. The molecular weight excluding hydrogens is 335 g/mol. The molecule has 130 valence electrons. The first-order chi connectivity index (χ1) is 11.8. The van der Waals surface area contributed by atoms with Gasteiger partial charge in [0.15, 0.2) is 6.04 Å². The van der Waals surface area contributed by atoms with Crippen LogP contribution in [0, 0.1) is 0 Å². The van der Waals surface area contributed by atoms with Gasteiger partial charge >= 0.3 is 6.18 Å². The SMILES string of the molecule is NC1C(=O)N(CC(F)(F)F)c2ccccc2N(c2ccccc2)C1=O. The largest absolute Gasteiger partial charge is 0.406 e. The maximum absolute atomic E-state index is 13.0. The fourth-order valence-corrected chi connectivity index (χ4v) is 2.72. The van der Waals surface area contributed by atoms with E-state index in [1.54, 1.807) is 36.4 Å². The van der Waals surface area contributed by atoms with Crippen molar-refractivity contribution in [2.45, 2.75) is 12.2 Å². The van der Waals surface area contributed by atoms with E-state index in [4.69, 9.17) is 5.73 Å². The summed E-state index contributed by atoms with van der Waals surface area (Å²) in [6, 6.07) is 12.5. The number of carbonyl (C=O) groups is 2. The van der Waals surface area contributed by atoms with Crippen LogP contribution in [-0.4, -0.2) is 30.6 Å². The van der Waals surface area contributed by atoms with Crippen LogP contribution in [0.15, 0.2) is 54.6 Å². The van der Waals surface area contributed by atoms with Gasteiger partial charge < -0.3 is 5.73 Å². The number of halogens is 3. The number of fused-ring (bicyclic) bond motifs is 1. The highest BCUT2D eigenvalue weighted by Crippen LogP contribution is 2.38. The Morgan fingerprint density at radius 2 is 1.44 bits per heavy atom. The summed E-state index contributed by atoms with van der Waals surface area (Å²) in [7, 11) is 0. The van der Waals surface area contributed by atoms with E-state index in [1.165, 1.54) is 23.1 Å². The number of carbonyl (C=O) groups excluding carboxylic acids is 2. The Kier molecular flexibility index (Phi) is 4.22. The minimum absolute atomic E-state index is 0.0185. The first-order valence-corrected chi connectivity index (χ1v) is 7.41. The van der Waals surface area contributed by atoms with Crippen LogP contribution in [0.5, 0.6) is 0 Å². The lowest BCUT2D eigenvalue weighted by Crippen LogP contribution is -2.52. The van der Waals surface area contributed by atoms with E-state index in [9.17, 15) is 22.8 Å². The van der Waals surface area contributed by atoms with E-state index in [1.807, 2.05) is 0 Å². The van der Waals surface area contributed by atoms with Crippen LogP contribution in [0.2, 0.25) is 0 Å². The van der Waals surface area contributed by atoms with Crippen molar-refractivity contribution < 1.29 is 22.8 Å². The van der Waals surface area contributed by atoms with Crippen molar-refractivity contribution in [1.29, 1.82) is 0 Å². The number of nitrogens with zero attached hydrogens (tertiary/aromatic N) is 2. The third-order valence-electron chi connectivity index (χ3n) is 3.78. The van der Waals surface area contributed by atoms with Crippen LogP contribution >= 0.6 is 0 Å². The Balaban J connectivity index is 2.20. The van der Waals surface area contributed by atoms with Crippen LogP contribution in [0.3, 0.4) is 0 Å². The van der Waals surface area contributed by atoms with Gasteiger partial charge in [0.05, 0.1) is 11.4 Å². The van der Waals surface area contributed by atoms with Gasteiger partial charge in [-0.05, 0) is 24.3 Å². The summed E-state index contributed by atoms with van der Waals surface area (Å²) < 4.78 is 38.9. The number of nitrogens with two attached hydrogens (primary N) is 1. The lowest BCUT2D eigenvalue weighted by atomic mass is 10.2. The molecule has 0 bridgehead atoms. The van der Waals surface area contributed by atoms with Crippen LogP contribution in [-0.2, 0) is 9.59 Å². The fraction of sp³-hybridized carbons (Fsp3) is 0.176. The van der Waals surface area contributed by atoms with E-state index in [2.05, 4.69) is 0 Å². The summed E-state index contributed by atoms with van der Waals surface area (Å²) in [5, 5.41) is 0. The number of alkyl halides is 3. The molecule has 0 aliphatic carbocycles. The lowest BCUT2D eigenvalue weighted by Gasteiger charge is -2.26. The van der Waals surface area contributed by atoms with E-state index in [-0.39, 0.29) is 11.4 Å². The summed E-state index contributed by atoms with van der Waals surface area (Å²) in [5.74, 6) is -1.87. The molecule has 3 rings (SSSR count). The molecule has 0 saturated heterocycles. The van der Waals surface area contributed by atoms with Gasteiger partial charge in [0.2, 0.25) is 0 Å². The number of hydrogen-bond acceptors (Lipinski definition) is 3. The van der Waals surface area contributed by atoms with Gasteiger partial charge in [0.1, 0.15) is 6.54 Å². The highest BCUT2D eigenvalue weighted by molar-refractivity contribution is 6.22. The molecule has 2 aromatic rings. The maximum atomic E-state index is 13.0. The summed E-state index contributed by atoms with van der Waals surface area (Å²) in [5.41, 5.74) is 6.25. The van der Waals surface area contributed by atoms with Crippen molar-refractivity contribution in [2.24, 2.45) is 5.73 Å². The standard InChI is InChI=1S/C17H14F3N3O2/c18-17(19,20)10-22-12-8-4-5-9-13(12)23(11-6-2-1-3-7-11)16(25)14(21)15(22)24/h1-9,14H,10,21H2.